The molecule has 1 aromatic carbocycles. The summed E-state index contributed by atoms with van der Waals surface area (Å²) in [4.78, 5) is 36.6. The fourth-order valence-corrected chi connectivity index (χ4v) is 4.88. The van der Waals surface area contributed by atoms with Gasteiger partial charge in [0.2, 0.25) is 5.82 Å². The number of fused-ring (bicyclic) bond motifs is 1. The van der Waals surface area contributed by atoms with E-state index in [9.17, 15) is 9.59 Å². The number of nitrogens with zero attached hydrogens (tertiary/aromatic N) is 3. The van der Waals surface area contributed by atoms with Crippen molar-refractivity contribution in [2.75, 3.05) is 18.5 Å². The molecule has 4 N–H and O–H groups in total. The normalized spacial score (nSPS) is 15.7. The topological polar surface area (TPSA) is 162 Å². The highest BCUT2D eigenvalue weighted by molar-refractivity contribution is 6.29. The maximum atomic E-state index is 13.6. The van der Waals surface area contributed by atoms with Gasteiger partial charge in [0.1, 0.15) is 22.2 Å². The summed E-state index contributed by atoms with van der Waals surface area (Å²) >= 11 is 6.12. The highest BCUT2D eigenvalue weighted by Crippen LogP contribution is 2.33. The predicted octanol–water partition coefficient (Wildman–Crippen LogP) is 4.52. The minimum Gasteiger partial charge on any atom is -0.455 e. The van der Waals surface area contributed by atoms with Crippen molar-refractivity contribution in [3.05, 3.63) is 78.8 Å². The Balaban J connectivity index is 1.57. The monoisotopic (exact) mass is 564 g/mol. The first-order chi connectivity index (χ1) is 19.2. The average molecular weight is 565 g/mol. The number of aryl methyl sites for hydroxylation is 1. The molecule has 12 heteroatoms. The summed E-state index contributed by atoms with van der Waals surface area (Å²) in [6.07, 6.45) is 4.73. The number of hydrogen-bond acceptors (Lipinski definition) is 10. The van der Waals surface area contributed by atoms with E-state index in [1.165, 1.54) is 6.20 Å². The van der Waals surface area contributed by atoms with Crippen molar-refractivity contribution in [2.24, 2.45) is 10.7 Å². The van der Waals surface area contributed by atoms with Gasteiger partial charge in [-0.3, -0.25) is 19.3 Å². The highest BCUT2D eigenvalue weighted by Gasteiger charge is 2.22. The number of ether oxygens (including phenoxy) is 1. The summed E-state index contributed by atoms with van der Waals surface area (Å²) in [6.45, 7) is 6.89. The summed E-state index contributed by atoms with van der Waals surface area (Å²) < 4.78 is 16.5. The fourth-order valence-electron chi connectivity index (χ4n) is 4.74. The summed E-state index contributed by atoms with van der Waals surface area (Å²) in [5.74, 6) is -0.223. The molecule has 0 aliphatic carbocycles. The molecule has 1 fully saturated rings. The van der Waals surface area contributed by atoms with E-state index in [1.807, 2.05) is 26.0 Å². The van der Waals surface area contributed by atoms with Crippen LogP contribution < -0.4 is 22.2 Å². The van der Waals surface area contributed by atoms with Gasteiger partial charge in [0, 0.05) is 36.8 Å². The van der Waals surface area contributed by atoms with E-state index < -0.39 is 5.76 Å². The van der Waals surface area contributed by atoms with E-state index in [2.05, 4.69) is 30.0 Å². The van der Waals surface area contributed by atoms with Gasteiger partial charge in [-0.15, -0.1) is 0 Å². The molecule has 5 rings (SSSR count). The van der Waals surface area contributed by atoms with Gasteiger partial charge in [0.05, 0.1) is 28.7 Å². The Hall–Kier alpha value is -4.22. The second-order valence-electron chi connectivity index (χ2n) is 9.70. The van der Waals surface area contributed by atoms with Crippen molar-refractivity contribution < 1.29 is 13.7 Å². The van der Waals surface area contributed by atoms with Gasteiger partial charge in [0.15, 0.2) is 5.43 Å². The summed E-state index contributed by atoms with van der Waals surface area (Å²) in [7, 11) is 0. The Bertz CT molecular complexity index is 1730. The maximum Gasteiger partial charge on any atom is 0.439 e. The number of rotatable bonds is 7. The molecule has 11 nitrogen and oxygen atoms in total. The van der Waals surface area contributed by atoms with E-state index in [-0.39, 0.29) is 28.5 Å². The van der Waals surface area contributed by atoms with Gasteiger partial charge in [-0.1, -0.05) is 22.8 Å². The molecule has 0 bridgehead atoms. The smallest absolute Gasteiger partial charge is 0.439 e. The Kier molecular flexibility index (Phi) is 7.85. The first-order valence-electron chi connectivity index (χ1n) is 12.9. The van der Waals surface area contributed by atoms with Crippen LogP contribution in [0.5, 0.6) is 0 Å². The molecule has 0 saturated carbocycles. The molecule has 1 unspecified atom stereocenters. The third-order valence-electron chi connectivity index (χ3n) is 6.81. The zero-order valence-corrected chi connectivity index (χ0v) is 23.0. The van der Waals surface area contributed by atoms with Crippen LogP contribution in [0.25, 0.3) is 28.1 Å². The lowest BCUT2D eigenvalue weighted by molar-refractivity contribution is 0.0872. The number of aromatic nitrogens is 3. The Labute approximate surface area is 234 Å². The van der Waals surface area contributed by atoms with E-state index in [0.29, 0.717) is 52.5 Å². The highest BCUT2D eigenvalue weighted by atomic mass is 35.5. The number of pyridine rings is 1. The Morgan fingerprint density at radius 1 is 1.25 bits per heavy atom. The Morgan fingerprint density at radius 3 is 2.73 bits per heavy atom. The van der Waals surface area contributed by atoms with Crippen molar-refractivity contribution in [3.8, 4) is 11.5 Å². The molecule has 1 saturated heterocycles. The molecule has 4 heterocycles. The number of benzene rings is 1. The van der Waals surface area contributed by atoms with Crippen LogP contribution in [0.3, 0.4) is 0 Å². The van der Waals surface area contributed by atoms with Crippen LogP contribution >= 0.6 is 11.6 Å². The third kappa shape index (κ3) is 5.56. The number of allylic oxidation sites excluding steroid dienone is 1. The van der Waals surface area contributed by atoms with Gasteiger partial charge in [-0.2, -0.15) is 0 Å². The van der Waals surface area contributed by atoms with Crippen LogP contribution in [-0.2, 0) is 4.74 Å². The molecular weight excluding hydrogens is 536 g/mol. The van der Waals surface area contributed by atoms with Crippen LogP contribution in [-0.4, -0.2) is 40.6 Å². The lowest BCUT2D eigenvalue weighted by Gasteiger charge is -2.20. The minimum absolute atomic E-state index is 0.125. The van der Waals surface area contributed by atoms with Crippen LogP contribution in [0.15, 0.2) is 54.0 Å². The van der Waals surface area contributed by atoms with Crippen LogP contribution in [0.1, 0.15) is 48.3 Å². The van der Waals surface area contributed by atoms with Gasteiger partial charge in [-0.05, 0) is 57.4 Å². The standard InChI is InChI=1S/C28H29ClN6O5/c1-14-10-19(16(3)32-21-4-5-22(29)33-23(21)27-34-28(37)40-35-27)26-20(11-14)24(36)15(2)25(39-26)17(12-30)13-31-18-6-8-38-9-7-18/h4-5,10-13,16,18,32H,6-9,30H2,1-3H3,(H,34,35,37)/b17-12+,31-13?. The molecule has 0 radical (unpaired) electrons. The molecule has 4 aromatic rings. The van der Waals surface area contributed by atoms with Gasteiger partial charge < -0.3 is 20.2 Å². The fraction of sp³-hybridized carbons (Fsp3) is 0.321. The molecular formula is C28H29ClN6O5. The summed E-state index contributed by atoms with van der Waals surface area (Å²) in [5.41, 5.74) is 9.69. The van der Waals surface area contributed by atoms with E-state index in [0.717, 1.165) is 24.0 Å². The van der Waals surface area contributed by atoms with Crippen molar-refractivity contribution in [1.82, 2.24) is 15.1 Å². The van der Waals surface area contributed by atoms with Crippen molar-refractivity contribution >= 4 is 40.0 Å². The largest absolute Gasteiger partial charge is 0.455 e. The van der Waals surface area contributed by atoms with Gasteiger partial charge in [-0.25, -0.2) is 9.78 Å². The van der Waals surface area contributed by atoms with Crippen LogP contribution in [0.4, 0.5) is 5.69 Å². The first-order valence-corrected chi connectivity index (χ1v) is 13.2. The third-order valence-corrected chi connectivity index (χ3v) is 7.02. The van der Waals surface area contributed by atoms with Crippen molar-refractivity contribution in [1.29, 1.82) is 0 Å². The van der Waals surface area contributed by atoms with Crippen LogP contribution in [0.2, 0.25) is 5.15 Å². The minimum atomic E-state index is -0.714. The number of halogens is 1. The molecule has 1 atom stereocenters. The van der Waals surface area contributed by atoms with Crippen LogP contribution in [0, 0.1) is 13.8 Å². The zero-order chi connectivity index (χ0) is 28.4. The molecule has 208 valence electrons. The number of aliphatic imine (C=N–C) groups is 1. The number of nitrogens with two attached hydrogens (primary N) is 1. The van der Waals surface area contributed by atoms with Crippen molar-refractivity contribution in [2.45, 2.75) is 45.7 Å². The lowest BCUT2D eigenvalue weighted by Crippen LogP contribution is -2.19. The SMILES string of the molecule is Cc1cc(C(C)Nc2ccc(Cl)nc2-c2noc(=O)[nH]2)c2oc(/C(C=NC3CCOCC3)=C/N)c(C)c(=O)c2c1. The average Bonchev–Trinajstić information content (AvgIpc) is 3.39. The second-order valence-corrected chi connectivity index (χ2v) is 10.1. The maximum absolute atomic E-state index is 13.6. The summed E-state index contributed by atoms with van der Waals surface area (Å²) in [5, 5.41) is 7.80. The molecule has 3 aromatic heterocycles. The van der Waals surface area contributed by atoms with E-state index >= 15 is 0 Å². The van der Waals surface area contributed by atoms with Gasteiger partial charge in [0.25, 0.3) is 0 Å². The number of aromatic amines is 1. The van der Waals surface area contributed by atoms with Crippen molar-refractivity contribution in [3.63, 3.8) is 0 Å². The Morgan fingerprint density at radius 2 is 2.02 bits per heavy atom. The molecule has 1 aliphatic heterocycles. The molecule has 40 heavy (non-hydrogen) atoms. The number of hydrogen-bond donors (Lipinski definition) is 3. The second kappa shape index (κ2) is 11.5. The van der Waals surface area contributed by atoms with E-state index in [4.69, 9.17) is 26.5 Å². The molecule has 1 aliphatic rings. The number of anilines is 1. The quantitative estimate of drug-likeness (QED) is 0.216. The summed E-state index contributed by atoms with van der Waals surface area (Å²) in [6, 6.07) is 6.85. The molecule has 0 spiro atoms. The number of nitrogens with one attached hydrogen (secondary N) is 2. The number of H-pyrrole nitrogens is 1. The van der Waals surface area contributed by atoms with E-state index in [1.54, 1.807) is 25.3 Å². The lowest BCUT2D eigenvalue weighted by atomic mass is 9.99. The first kappa shape index (κ1) is 27.4. The van der Waals surface area contributed by atoms with Gasteiger partial charge >= 0.3 is 5.76 Å². The zero-order valence-electron chi connectivity index (χ0n) is 22.3. The predicted molar refractivity (Wildman–Crippen MR) is 154 cm³/mol. The molecule has 0 amide bonds.